The van der Waals surface area contributed by atoms with E-state index in [1.807, 2.05) is 80.5 Å². The lowest BCUT2D eigenvalue weighted by molar-refractivity contribution is -0.183. The van der Waals surface area contributed by atoms with E-state index in [9.17, 15) is 19.8 Å². The highest BCUT2D eigenvalue weighted by atomic mass is 19.1. The highest BCUT2D eigenvalue weighted by Crippen LogP contribution is 2.61. The van der Waals surface area contributed by atoms with Crippen LogP contribution in [0, 0.1) is 34.9 Å². The fraction of sp³-hybridized carbons (Fsp3) is 0.556. The molecule has 4 N–H and O–H groups in total. The molecule has 11 nitrogen and oxygen atoms in total. The van der Waals surface area contributed by atoms with Crippen LogP contribution in [0.3, 0.4) is 0 Å². The lowest BCUT2D eigenvalue weighted by Gasteiger charge is -2.62. The average Bonchev–Trinajstić information content (AvgIpc) is 3.53. The highest BCUT2D eigenvalue weighted by molar-refractivity contribution is 5.97. The lowest BCUT2D eigenvalue weighted by Crippen LogP contribution is -2.62. The van der Waals surface area contributed by atoms with Crippen LogP contribution in [-0.4, -0.2) is 111 Å². The first-order valence-corrected chi connectivity index (χ1v) is 20.2. The number of aliphatic hydroxyl groups excluding tert-OH is 2. The van der Waals surface area contributed by atoms with E-state index in [0.29, 0.717) is 52.8 Å². The zero-order valence-corrected chi connectivity index (χ0v) is 35.0. The number of ether oxygens (including phenoxy) is 1. The van der Waals surface area contributed by atoms with Gasteiger partial charge in [-0.25, -0.2) is 4.39 Å². The number of carbonyl (C=O) groups is 2. The van der Waals surface area contributed by atoms with Crippen LogP contribution < -0.4 is 20.3 Å². The van der Waals surface area contributed by atoms with Gasteiger partial charge in [0.05, 0.1) is 26.4 Å². The number of fused-ring (bicyclic) bond motifs is 2. The molecule has 57 heavy (non-hydrogen) atoms. The van der Waals surface area contributed by atoms with Crippen molar-refractivity contribution in [2.45, 2.75) is 83.8 Å². The third kappa shape index (κ3) is 9.00. The summed E-state index contributed by atoms with van der Waals surface area (Å²) in [5, 5.41) is 29.3. The van der Waals surface area contributed by atoms with Crippen LogP contribution in [0.1, 0.15) is 62.0 Å². The quantitative estimate of drug-likeness (QED) is 0.166. The monoisotopic (exact) mass is 787 g/mol. The summed E-state index contributed by atoms with van der Waals surface area (Å²) in [5.41, 5.74) is 3.88. The Balaban J connectivity index is 1.31. The van der Waals surface area contributed by atoms with Crippen molar-refractivity contribution in [2.24, 2.45) is 29.1 Å². The van der Waals surface area contributed by atoms with Gasteiger partial charge in [0.25, 0.3) is 5.91 Å². The van der Waals surface area contributed by atoms with E-state index in [4.69, 9.17) is 9.57 Å². The standard InChI is InChI=1S/C45H62FN5O6/c1-26-37-20-32(45(37,3)4)21-38(26)48-44(55)41-40(27(2)53)39(25-52)57-51(41)23-31-17-33(46)22-36(42(31)56-9)29-16-30(19-35(18-29)50(7)8)43(54)47-34(24-49(5)6)15-28-13-11-10-12-14-28/h10-14,16-19,22,26-27,32,34,37-41,52-53H,15,20-21,23-25H2,1-9H3,(H,47,54)(H,48,55)/t26-,27-,32-,34-,37+,38-,39-,40+,41-/m0/s1. The molecular formula is C45H62FN5O6. The van der Waals surface area contributed by atoms with Gasteiger partial charge in [0.15, 0.2) is 0 Å². The predicted molar refractivity (Wildman–Crippen MR) is 220 cm³/mol. The minimum atomic E-state index is -0.979. The van der Waals surface area contributed by atoms with E-state index in [1.54, 1.807) is 13.0 Å². The number of halogens is 1. The number of hydrogen-bond acceptors (Lipinski definition) is 9. The molecule has 0 unspecified atom stereocenters. The molecule has 0 aromatic heterocycles. The Morgan fingerprint density at radius 1 is 1.07 bits per heavy atom. The third-order valence-corrected chi connectivity index (χ3v) is 13.0. The molecule has 0 spiro atoms. The van der Waals surface area contributed by atoms with Gasteiger partial charge in [0.2, 0.25) is 5.91 Å². The molecule has 3 aromatic rings. The van der Waals surface area contributed by atoms with Crippen molar-refractivity contribution in [3.05, 3.63) is 83.2 Å². The minimum Gasteiger partial charge on any atom is -0.496 e. The number of rotatable bonds is 15. The summed E-state index contributed by atoms with van der Waals surface area (Å²) >= 11 is 0. The lowest BCUT2D eigenvalue weighted by atomic mass is 9.45. The number of nitrogens with one attached hydrogen (secondary N) is 2. The van der Waals surface area contributed by atoms with Crippen LogP contribution in [0.5, 0.6) is 5.75 Å². The number of nitrogens with zero attached hydrogens (tertiary/aromatic N) is 3. The molecule has 7 rings (SSSR count). The average molecular weight is 788 g/mol. The second kappa shape index (κ2) is 17.4. The maximum atomic E-state index is 15.8. The molecule has 2 bridgehead atoms. The molecule has 310 valence electrons. The highest BCUT2D eigenvalue weighted by Gasteiger charge is 2.57. The van der Waals surface area contributed by atoms with Gasteiger partial charge in [0.1, 0.15) is 23.7 Å². The number of aliphatic hydroxyl groups is 2. The number of hydroxylamine groups is 2. The fourth-order valence-electron chi connectivity index (χ4n) is 9.80. The molecule has 4 aliphatic rings. The summed E-state index contributed by atoms with van der Waals surface area (Å²) in [6.45, 7) is 8.56. The second-order valence-corrected chi connectivity index (χ2v) is 17.7. The number of anilines is 1. The smallest absolute Gasteiger partial charge is 0.251 e. The van der Waals surface area contributed by atoms with Crippen LogP contribution in [0.2, 0.25) is 0 Å². The topological polar surface area (TPSA) is 127 Å². The number of methoxy groups -OCH3 is 1. The molecule has 12 heteroatoms. The van der Waals surface area contributed by atoms with E-state index in [1.165, 1.54) is 30.7 Å². The van der Waals surface area contributed by atoms with E-state index in [0.717, 1.165) is 17.7 Å². The van der Waals surface area contributed by atoms with Crippen molar-refractivity contribution in [3.8, 4) is 16.9 Å². The molecule has 0 radical (unpaired) electrons. The number of benzene rings is 3. The number of hydrogen-bond donors (Lipinski definition) is 4. The van der Waals surface area contributed by atoms with Gasteiger partial charge in [-0.05, 0) is 105 Å². The zero-order valence-electron chi connectivity index (χ0n) is 35.0. The number of carbonyl (C=O) groups excluding carboxylic acids is 2. The summed E-state index contributed by atoms with van der Waals surface area (Å²) in [6, 6.07) is 17.0. The van der Waals surface area contributed by atoms with E-state index >= 15 is 4.39 Å². The van der Waals surface area contributed by atoms with Gasteiger partial charge in [-0.15, -0.1) is 0 Å². The summed E-state index contributed by atoms with van der Waals surface area (Å²) in [7, 11) is 9.20. The Kier molecular flexibility index (Phi) is 13.0. The SMILES string of the molecule is COc1c(CN2O[C@@H](CO)[C@@H]([C@H](C)O)[C@H]2C(=O)N[C@H]2C[C@@H]3C[C@H]([C@@H]2C)C3(C)C)cc(F)cc1-c1cc(C(=O)N[C@@H](Cc2ccccc2)CN(C)C)cc(N(C)C)c1. The molecule has 3 aliphatic carbocycles. The molecular weight excluding hydrogens is 726 g/mol. The summed E-state index contributed by atoms with van der Waals surface area (Å²) in [6.07, 6.45) is 0.858. The van der Waals surface area contributed by atoms with Crippen LogP contribution in [0.15, 0.2) is 60.7 Å². The molecule has 9 atom stereocenters. The normalized spacial score (nSPS) is 26.4. The van der Waals surface area contributed by atoms with Crippen LogP contribution in [0.25, 0.3) is 11.1 Å². The van der Waals surface area contributed by atoms with Gasteiger partial charge < -0.3 is 35.4 Å². The van der Waals surface area contributed by atoms with Crippen LogP contribution in [-0.2, 0) is 22.6 Å². The van der Waals surface area contributed by atoms with Crippen molar-refractivity contribution in [1.29, 1.82) is 0 Å². The van der Waals surface area contributed by atoms with E-state index < -0.39 is 36.6 Å². The van der Waals surface area contributed by atoms with Crippen molar-refractivity contribution in [1.82, 2.24) is 20.6 Å². The van der Waals surface area contributed by atoms with Crippen molar-refractivity contribution >= 4 is 17.5 Å². The van der Waals surface area contributed by atoms with Crippen molar-refractivity contribution in [2.75, 3.05) is 53.4 Å². The minimum absolute atomic E-state index is 0.0267. The molecule has 1 heterocycles. The molecule has 1 saturated heterocycles. The molecule has 4 fully saturated rings. The van der Waals surface area contributed by atoms with E-state index in [2.05, 4.69) is 31.4 Å². The Labute approximate surface area is 337 Å². The van der Waals surface area contributed by atoms with Crippen molar-refractivity contribution < 1.29 is 33.8 Å². The van der Waals surface area contributed by atoms with E-state index in [-0.39, 0.29) is 41.8 Å². The Morgan fingerprint density at radius 2 is 1.79 bits per heavy atom. The Bertz CT molecular complexity index is 1890. The maximum absolute atomic E-state index is 15.8. The van der Waals surface area contributed by atoms with Gasteiger partial charge in [-0.3, -0.25) is 14.4 Å². The molecule has 2 amide bonds. The first kappa shape index (κ1) is 42.5. The second-order valence-electron chi connectivity index (χ2n) is 17.7. The Hall–Kier alpha value is -4.07. The van der Waals surface area contributed by atoms with Gasteiger partial charge in [0, 0.05) is 61.0 Å². The number of likely N-dealkylation sites (N-methyl/N-ethyl adjacent to an activating group) is 1. The zero-order chi connectivity index (χ0) is 41.3. The first-order valence-electron chi connectivity index (χ1n) is 20.2. The van der Waals surface area contributed by atoms with Crippen LogP contribution in [0.4, 0.5) is 10.1 Å². The predicted octanol–water partition coefficient (Wildman–Crippen LogP) is 5.13. The summed E-state index contributed by atoms with van der Waals surface area (Å²) in [5.74, 6) is -0.171. The largest absolute Gasteiger partial charge is 0.496 e. The molecule has 3 saturated carbocycles. The van der Waals surface area contributed by atoms with Crippen LogP contribution >= 0.6 is 0 Å². The fourth-order valence-corrected chi connectivity index (χ4v) is 9.80. The maximum Gasteiger partial charge on any atom is 0.251 e. The Morgan fingerprint density at radius 3 is 2.39 bits per heavy atom. The summed E-state index contributed by atoms with van der Waals surface area (Å²) in [4.78, 5) is 38.4. The molecule has 1 aliphatic heterocycles. The van der Waals surface area contributed by atoms with Gasteiger partial charge >= 0.3 is 0 Å². The number of amides is 2. The molecule has 3 aromatic carbocycles. The van der Waals surface area contributed by atoms with Crippen molar-refractivity contribution in [3.63, 3.8) is 0 Å². The van der Waals surface area contributed by atoms with Gasteiger partial charge in [-0.2, -0.15) is 5.06 Å². The third-order valence-electron chi connectivity index (χ3n) is 13.0. The summed E-state index contributed by atoms with van der Waals surface area (Å²) < 4.78 is 21.8. The first-order chi connectivity index (χ1) is 27.0. The van der Waals surface area contributed by atoms with Gasteiger partial charge in [-0.1, -0.05) is 51.1 Å².